The van der Waals surface area contributed by atoms with Crippen molar-refractivity contribution in [3.05, 3.63) is 95.8 Å². The van der Waals surface area contributed by atoms with E-state index < -0.39 is 0 Å². The van der Waals surface area contributed by atoms with Crippen LogP contribution in [0.3, 0.4) is 0 Å². The molecule has 0 fully saturated rings. The lowest BCUT2D eigenvalue weighted by Gasteiger charge is -2.03. The molecule has 0 saturated carbocycles. The molecule has 3 aromatic carbocycles. The van der Waals surface area contributed by atoms with Gasteiger partial charge >= 0.3 is 0 Å². The topological polar surface area (TPSA) is 22.3 Å². The van der Waals surface area contributed by atoms with Crippen LogP contribution >= 0.6 is 0 Å². The monoisotopic (exact) mass is 350 g/mol. The second kappa shape index (κ2) is 5.45. The fourth-order valence-corrected chi connectivity index (χ4v) is 4.05. The van der Waals surface area contributed by atoms with Gasteiger partial charge in [-0.15, -0.1) is 0 Å². The van der Waals surface area contributed by atoms with Gasteiger partial charge in [-0.2, -0.15) is 4.57 Å². The predicted octanol–water partition coefficient (Wildman–Crippen LogP) is 4.75. The first-order valence-corrected chi connectivity index (χ1v) is 9.03. The molecule has 6 rings (SSSR count). The number of fused-ring (bicyclic) bond motifs is 6. The lowest BCUT2D eigenvalue weighted by Crippen LogP contribution is -2.30. The SMILES string of the molecule is C(=C1c2ccccc2-[n+]2ccc3ccccc3c21)c1ccc2c(c1)OCO2. The largest absolute Gasteiger partial charge is 0.454 e. The van der Waals surface area contributed by atoms with Crippen molar-refractivity contribution in [2.45, 2.75) is 0 Å². The molecular formula is C24H16NO2+. The van der Waals surface area contributed by atoms with Crippen molar-refractivity contribution >= 4 is 22.4 Å². The van der Waals surface area contributed by atoms with Crippen LogP contribution in [0.2, 0.25) is 0 Å². The van der Waals surface area contributed by atoms with Gasteiger partial charge in [0.1, 0.15) is 0 Å². The van der Waals surface area contributed by atoms with E-state index in [9.17, 15) is 0 Å². The van der Waals surface area contributed by atoms with Crippen molar-refractivity contribution in [2.24, 2.45) is 0 Å². The summed E-state index contributed by atoms with van der Waals surface area (Å²) in [4.78, 5) is 0. The summed E-state index contributed by atoms with van der Waals surface area (Å²) in [5.41, 5.74) is 6.01. The average molecular weight is 350 g/mol. The molecule has 0 aliphatic carbocycles. The van der Waals surface area contributed by atoms with E-state index in [1.54, 1.807) is 0 Å². The fraction of sp³-hybridized carbons (Fsp3) is 0.0417. The van der Waals surface area contributed by atoms with Gasteiger partial charge in [0.25, 0.3) is 0 Å². The smallest absolute Gasteiger partial charge is 0.231 e. The van der Waals surface area contributed by atoms with E-state index in [0.29, 0.717) is 6.79 Å². The summed E-state index contributed by atoms with van der Waals surface area (Å²) in [5.74, 6) is 1.62. The fourth-order valence-electron chi connectivity index (χ4n) is 4.05. The zero-order valence-electron chi connectivity index (χ0n) is 14.6. The van der Waals surface area contributed by atoms with Crippen molar-refractivity contribution in [1.82, 2.24) is 0 Å². The Bertz CT molecular complexity index is 1260. The molecule has 0 saturated heterocycles. The Morgan fingerprint density at radius 3 is 2.67 bits per heavy atom. The van der Waals surface area contributed by atoms with Crippen LogP contribution in [0.25, 0.3) is 28.1 Å². The van der Waals surface area contributed by atoms with Crippen LogP contribution in [0.5, 0.6) is 11.5 Å². The third-order valence-electron chi connectivity index (χ3n) is 5.28. The molecule has 4 aromatic rings. The van der Waals surface area contributed by atoms with Crippen molar-refractivity contribution in [3.8, 4) is 17.2 Å². The second-order valence-electron chi connectivity index (χ2n) is 6.81. The van der Waals surface area contributed by atoms with Crippen molar-refractivity contribution in [1.29, 1.82) is 0 Å². The Labute approximate surface area is 156 Å². The third-order valence-corrected chi connectivity index (χ3v) is 5.28. The molecule has 0 bridgehead atoms. The van der Waals surface area contributed by atoms with Crippen LogP contribution in [0.15, 0.2) is 79.0 Å². The highest BCUT2D eigenvalue weighted by Crippen LogP contribution is 2.38. The van der Waals surface area contributed by atoms with E-state index >= 15 is 0 Å². The number of para-hydroxylation sites is 1. The van der Waals surface area contributed by atoms with Gasteiger partial charge < -0.3 is 9.47 Å². The zero-order valence-corrected chi connectivity index (χ0v) is 14.6. The Hall–Kier alpha value is -3.59. The van der Waals surface area contributed by atoms with E-state index in [1.807, 2.05) is 12.1 Å². The summed E-state index contributed by atoms with van der Waals surface area (Å²) >= 11 is 0. The molecule has 0 radical (unpaired) electrons. The minimum absolute atomic E-state index is 0.293. The normalized spacial score (nSPS) is 15.2. The van der Waals surface area contributed by atoms with Crippen LogP contribution < -0.4 is 14.0 Å². The Balaban J connectivity index is 1.64. The highest BCUT2D eigenvalue weighted by Gasteiger charge is 2.33. The van der Waals surface area contributed by atoms with Gasteiger partial charge in [0.2, 0.25) is 18.2 Å². The number of benzene rings is 3. The van der Waals surface area contributed by atoms with E-state index in [-0.39, 0.29) is 0 Å². The molecular weight excluding hydrogens is 334 g/mol. The third kappa shape index (κ3) is 2.12. The van der Waals surface area contributed by atoms with Gasteiger partial charge in [0.15, 0.2) is 17.7 Å². The lowest BCUT2D eigenvalue weighted by atomic mass is 9.98. The van der Waals surface area contributed by atoms with Crippen LogP contribution in [0.4, 0.5) is 0 Å². The molecule has 0 amide bonds. The van der Waals surface area contributed by atoms with Gasteiger partial charge in [0.05, 0.1) is 16.5 Å². The summed E-state index contributed by atoms with van der Waals surface area (Å²) < 4.78 is 13.3. The first kappa shape index (κ1) is 14.6. The number of hydrogen-bond acceptors (Lipinski definition) is 2. The zero-order chi connectivity index (χ0) is 17.8. The molecule has 27 heavy (non-hydrogen) atoms. The average Bonchev–Trinajstić information content (AvgIpc) is 3.31. The first-order valence-electron chi connectivity index (χ1n) is 9.03. The Morgan fingerprint density at radius 1 is 0.815 bits per heavy atom. The number of nitrogens with zero attached hydrogens (tertiary/aromatic N) is 1. The molecule has 0 N–H and O–H groups in total. The van der Waals surface area contributed by atoms with Crippen molar-refractivity contribution in [3.63, 3.8) is 0 Å². The Kier molecular flexibility index (Phi) is 2.94. The number of ether oxygens (including phenoxy) is 2. The van der Waals surface area contributed by atoms with Crippen LogP contribution in [0, 0.1) is 0 Å². The lowest BCUT2D eigenvalue weighted by molar-refractivity contribution is -0.592. The summed E-state index contributed by atoms with van der Waals surface area (Å²) in [6.45, 7) is 0.293. The molecule has 128 valence electrons. The Morgan fingerprint density at radius 2 is 1.67 bits per heavy atom. The van der Waals surface area contributed by atoms with E-state index in [1.165, 1.54) is 33.3 Å². The molecule has 3 nitrogen and oxygen atoms in total. The number of rotatable bonds is 1. The maximum atomic E-state index is 5.56. The van der Waals surface area contributed by atoms with Gasteiger partial charge in [0, 0.05) is 12.1 Å². The van der Waals surface area contributed by atoms with Gasteiger partial charge in [-0.3, -0.25) is 0 Å². The number of hydrogen-bond donors (Lipinski definition) is 0. The van der Waals surface area contributed by atoms with Gasteiger partial charge in [-0.25, -0.2) is 0 Å². The standard InChI is InChI=1S/C24H16NO2/c1-2-6-18-17(5-1)11-12-25-21-8-4-3-7-19(21)20(24(18)25)13-16-9-10-22-23(14-16)27-15-26-22/h1-14H,15H2/q+1. The number of pyridine rings is 1. The highest BCUT2D eigenvalue weighted by atomic mass is 16.7. The molecule has 3 heteroatoms. The first-order chi connectivity index (χ1) is 13.4. The second-order valence-corrected chi connectivity index (χ2v) is 6.81. The van der Waals surface area contributed by atoms with Crippen LogP contribution in [-0.2, 0) is 0 Å². The van der Waals surface area contributed by atoms with E-state index in [2.05, 4.69) is 77.5 Å². The number of aromatic nitrogens is 1. The molecule has 1 aromatic heterocycles. The molecule has 3 heterocycles. The van der Waals surface area contributed by atoms with Gasteiger partial charge in [-0.1, -0.05) is 36.4 Å². The van der Waals surface area contributed by atoms with Crippen LogP contribution in [0.1, 0.15) is 16.8 Å². The highest BCUT2D eigenvalue weighted by molar-refractivity contribution is 6.02. The minimum Gasteiger partial charge on any atom is -0.454 e. The molecule has 0 spiro atoms. The van der Waals surface area contributed by atoms with Crippen molar-refractivity contribution < 1.29 is 14.0 Å². The maximum absolute atomic E-state index is 5.56. The summed E-state index contributed by atoms with van der Waals surface area (Å²) in [6, 6.07) is 25.4. The van der Waals surface area contributed by atoms with Gasteiger partial charge in [-0.05, 0) is 41.3 Å². The van der Waals surface area contributed by atoms with E-state index in [0.717, 1.165) is 17.1 Å². The molecule has 0 atom stereocenters. The summed E-state index contributed by atoms with van der Waals surface area (Å²) in [6.07, 6.45) is 4.41. The predicted molar refractivity (Wildman–Crippen MR) is 105 cm³/mol. The summed E-state index contributed by atoms with van der Waals surface area (Å²) in [7, 11) is 0. The quantitative estimate of drug-likeness (QED) is 0.407. The van der Waals surface area contributed by atoms with Crippen LogP contribution in [-0.4, -0.2) is 6.79 Å². The summed E-state index contributed by atoms with van der Waals surface area (Å²) in [5, 5.41) is 2.50. The minimum atomic E-state index is 0.293. The van der Waals surface area contributed by atoms with E-state index in [4.69, 9.17) is 9.47 Å². The van der Waals surface area contributed by atoms with Crippen molar-refractivity contribution in [2.75, 3.05) is 6.79 Å². The molecule has 2 aliphatic heterocycles. The molecule has 0 unspecified atom stereocenters. The maximum Gasteiger partial charge on any atom is 0.231 e. The molecule has 2 aliphatic rings.